The predicted octanol–water partition coefficient (Wildman–Crippen LogP) is 4.91. The van der Waals surface area contributed by atoms with Crippen LogP contribution in [0.2, 0.25) is 0 Å². The molecule has 0 aliphatic rings. The Morgan fingerprint density at radius 3 is 2.35 bits per heavy atom. The van der Waals surface area contributed by atoms with E-state index >= 15 is 0 Å². The highest BCUT2D eigenvalue weighted by Crippen LogP contribution is 2.26. The average Bonchev–Trinajstić information content (AvgIpc) is 2.74. The van der Waals surface area contributed by atoms with Gasteiger partial charge in [-0.1, -0.05) is 48.0 Å². The highest BCUT2D eigenvalue weighted by Gasteiger charge is 2.19. The molecule has 8 heteroatoms. The molecule has 0 heterocycles. The lowest BCUT2D eigenvalue weighted by Gasteiger charge is -2.10. The lowest BCUT2D eigenvalue weighted by Crippen LogP contribution is -2.14. The molecular formula is C23H17IN2O4S. The molecule has 0 fully saturated rings. The van der Waals surface area contributed by atoms with E-state index in [1.54, 1.807) is 42.5 Å². The fraction of sp³-hybridized carbons (Fsp3) is 0.0435. The van der Waals surface area contributed by atoms with Gasteiger partial charge in [0.15, 0.2) is 0 Å². The van der Waals surface area contributed by atoms with Crippen molar-refractivity contribution in [2.45, 2.75) is 11.8 Å². The zero-order valence-electron chi connectivity index (χ0n) is 16.4. The number of carbonyl (C=O) groups is 1. The molecule has 0 aliphatic carbocycles. The van der Waals surface area contributed by atoms with Gasteiger partial charge < -0.3 is 9.50 Å². The number of nitrogens with zero attached hydrogens (tertiary/aromatic N) is 1. The number of hydrogen-bond acceptors (Lipinski definition) is 5. The van der Waals surface area contributed by atoms with Gasteiger partial charge in [0.05, 0.1) is 5.69 Å². The maximum atomic E-state index is 12.6. The minimum Gasteiger partial charge on any atom is -0.378 e. The lowest BCUT2D eigenvalue weighted by atomic mass is 10.1. The van der Waals surface area contributed by atoms with Crippen LogP contribution in [0.5, 0.6) is 5.75 Å². The minimum atomic E-state index is -4.08. The van der Waals surface area contributed by atoms with E-state index in [1.165, 1.54) is 24.3 Å². The molecule has 0 saturated carbocycles. The topological polar surface area (TPSA) is 96.3 Å². The molecule has 156 valence electrons. The van der Waals surface area contributed by atoms with Gasteiger partial charge in [0.2, 0.25) is 0 Å². The molecule has 31 heavy (non-hydrogen) atoms. The Bertz CT molecular complexity index is 1290. The quantitative estimate of drug-likeness (QED) is 0.206. The molecule has 3 aromatic rings. The van der Waals surface area contributed by atoms with Crippen molar-refractivity contribution in [3.63, 3.8) is 0 Å². The summed E-state index contributed by atoms with van der Waals surface area (Å²) in [4.78, 5) is 12.6. The number of nitrogens with one attached hydrogen (secondary N) is 1. The third-order valence-electron chi connectivity index (χ3n) is 4.22. The van der Waals surface area contributed by atoms with Gasteiger partial charge in [0, 0.05) is 9.13 Å². The Morgan fingerprint density at radius 2 is 1.68 bits per heavy atom. The summed E-state index contributed by atoms with van der Waals surface area (Å²) < 4.78 is 31.4. The van der Waals surface area contributed by atoms with Crippen LogP contribution in [0.1, 0.15) is 11.1 Å². The molecule has 0 saturated heterocycles. The van der Waals surface area contributed by atoms with Crippen molar-refractivity contribution in [3.05, 3.63) is 93.1 Å². The Hall–Kier alpha value is -3.16. The molecule has 3 aromatic carbocycles. The molecule has 6 nitrogen and oxygen atoms in total. The van der Waals surface area contributed by atoms with Crippen molar-refractivity contribution in [2.24, 2.45) is 0 Å². The summed E-state index contributed by atoms with van der Waals surface area (Å²) >= 11 is 2.08. The molecular weight excluding hydrogens is 527 g/mol. The van der Waals surface area contributed by atoms with Crippen LogP contribution in [0.4, 0.5) is 5.69 Å². The molecule has 3 rings (SSSR count). The van der Waals surface area contributed by atoms with E-state index in [0.717, 1.165) is 9.13 Å². The van der Waals surface area contributed by atoms with E-state index in [0.29, 0.717) is 5.69 Å². The Balaban J connectivity index is 1.90. The number of benzene rings is 3. The summed E-state index contributed by atoms with van der Waals surface area (Å²) in [5.41, 5.74) is 1.58. The normalized spacial score (nSPS) is 11.5. The van der Waals surface area contributed by atoms with Crippen molar-refractivity contribution >= 4 is 50.4 Å². The predicted molar refractivity (Wildman–Crippen MR) is 127 cm³/mol. The van der Waals surface area contributed by atoms with E-state index < -0.39 is 16.0 Å². The number of anilines is 1. The number of aryl methyl sites for hydroxylation is 1. The van der Waals surface area contributed by atoms with Crippen LogP contribution in [0.3, 0.4) is 0 Å². The second-order valence-electron chi connectivity index (χ2n) is 6.49. The third kappa shape index (κ3) is 5.71. The van der Waals surface area contributed by atoms with Gasteiger partial charge in [-0.05, 0) is 65.9 Å². The first-order valence-corrected chi connectivity index (χ1v) is 11.6. The first kappa shape index (κ1) is 22.5. The summed E-state index contributed by atoms with van der Waals surface area (Å²) in [7, 11) is -4.08. The molecule has 1 N–H and O–H groups in total. The Kier molecular flexibility index (Phi) is 7.09. The maximum absolute atomic E-state index is 12.6. The van der Waals surface area contributed by atoms with Gasteiger partial charge in [-0.3, -0.25) is 4.79 Å². The van der Waals surface area contributed by atoms with Crippen LogP contribution in [-0.2, 0) is 14.9 Å². The van der Waals surface area contributed by atoms with Crippen molar-refractivity contribution in [1.82, 2.24) is 0 Å². The molecule has 0 unspecified atom stereocenters. The van der Waals surface area contributed by atoms with Gasteiger partial charge in [-0.25, -0.2) is 0 Å². The number of carbonyl (C=O) groups excluding carboxylic acids is 1. The van der Waals surface area contributed by atoms with E-state index in [9.17, 15) is 18.5 Å². The van der Waals surface area contributed by atoms with Crippen molar-refractivity contribution in [2.75, 3.05) is 5.32 Å². The summed E-state index contributed by atoms with van der Waals surface area (Å²) in [5, 5.41) is 12.2. The second-order valence-corrected chi connectivity index (χ2v) is 9.20. The Morgan fingerprint density at radius 1 is 1.03 bits per heavy atom. The van der Waals surface area contributed by atoms with Crippen molar-refractivity contribution < 1.29 is 17.4 Å². The van der Waals surface area contributed by atoms with E-state index in [-0.39, 0.29) is 21.8 Å². The van der Waals surface area contributed by atoms with Gasteiger partial charge >= 0.3 is 10.1 Å². The number of halogens is 1. The first-order valence-electron chi connectivity index (χ1n) is 9.08. The molecule has 0 aromatic heterocycles. The summed E-state index contributed by atoms with van der Waals surface area (Å²) in [6, 6.07) is 21.6. The lowest BCUT2D eigenvalue weighted by molar-refractivity contribution is -0.112. The van der Waals surface area contributed by atoms with Crippen LogP contribution in [0, 0.1) is 21.8 Å². The molecule has 1 amide bonds. The Labute approximate surface area is 194 Å². The third-order valence-corrected chi connectivity index (χ3v) is 6.40. The zero-order chi connectivity index (χ0) is 22.4. The molecule has 0 spiro atoms. The van der Waals surface area contributed by atoms with Crippen molar-refractivity contribution in [3.8, 4) is 11.8 Å². The standard InChI is InChI=1S/C23H17IN2O4S/c1-16-10-12-19(13-11-16)31(28,29)30-22-9-5-2-6-17(22)14-18(15-25)23(27)26-21-8-4-3-7-20(21)24/h2-14H,1H3,(H,26,27)/b18-14-. The van der Waals surface area contributed by atoms with Gasteiger partial charge in [-0.15, -0.1) is 0 Å². The first-order chi connectivity index (χ1) is 14.8. The number of para-hydroxylation sites is 2. The summed E-state index contributed by atoms with van der Waals surface area (Å²) in [6.45, 7) is 1.85. The molecule has 0 radical (unpaired) electrons. The number of rotatable bonds is 6. The number of amides is 1. The smallest absolute Gasteiger partial charge is 0.339 e. The largest absolute Gasteiger partial charge is 0.378 e. The van der Waals surface area contributed by atoms with Crippen LogP contribution >= 0.6 is 22.6 Å². The van der Waals surface area contributed by atoms with Crippen LogP contribution in [-0.4, -0.2) is 14.3 Å². The highest BCUT2D eigenvalue weighted by molar-refractivity contribution is 14.1. The van der Waals surface area contributed by atoms with E-state index in [2.05, 4.69) is 27.9 Å². The highest BCUT2D eigenvalue weighted by atomic mass is 127. The molecule has 0 atom stereocenters. The summed E-state index contributed by atoms with van der Waals surface area (Å²) in [6.07, 6.45) is 1.30. The van der Waals surface area contributed by atoms with Gasteiger partial charge in [0.25, 0.3) is 5.91 Å². The van der Waals surface area contributed by atoms with Crippen LogP contribution < -0.4 is 9.50 Å². The van der Waals surface area contributed by atoms with Gasteiger partial charge in [0.1, 0.15) is 22.3 Å². The number of hydrogen-bond donors (Lipinski definition) is 1. The molecule has 0 aliphatic heterocycles. The second kappa shape index (κ2) is 9.76. The fourth-order valence-corrected chi connectivity index (χ4v) is 4.08. The van der Waals surface area contributed by atoms with E-state index in [4.69, 9.17) is 4.18 Å². The molecule has 0 bridgehead atoms. The van der Waals surface area contributed by atoms with Crippen LogP contribution in [0.25, 0.3) is 6.08 Å². The maximum Gasteiger partial charge on any atom is 0.339 e. The van der Waals surface area contributed by atoms with Crippen molar-refractivity contribution in [1.29, 1.82) is 5.26 Å². The fourth-order valence-electron chi connectivity index (χ4n) is 2.60. The SMILES string of the molecule is Cc1ccc(S(=O)(=O)Oc2ccccc2/C=C(/C#N)C(=O)Nc2ccccc2I)cc1. The summed E-state index contributed by atoms with van der Waals surface area (Å²) in [5.74, 6) is -0.597. The minimum absolute atomic E-state index is 0.00813. The number of nitriles is 1. The monoisotopic (exact) mass is 544 g/mol. The van der Waals surface area contributed by atoms with Crippen LogP contribution in [0.15, 0.2) is 83.3 Å². The average molecular weight is 544 g/mol. The van der Waals surface area contributed by atoms with E-state index in [1.807, 2.05) is 25.1 Å². The zero-order valence-corrected chi connectivity index (χ0v) is 19.3. The van der Waals surface area contributed by atoms with Gasteiger partial charge in [-0.2, -0.15) is 13.7 Å².